The third-order valence-electron chi connectivity index (χ3n) is 4.22. The lowest BCUT2D eigenvalue weighted by molar-refractivity contribution is -0.141. The predicted octanol–water partition coefficient (Wildman–Crippen LogP) is 4.58. The molecule has 23 heavy (non-hydrogen) atoms. The highest BCUT2D eigenvalue weighted by atomic mass is 16.7. The summed E-state index contributed by atoms with van der Waals surface area (Å²) in [5, 5.41) is 0. The van der Waals surface area contributed by atoms with Gasteiger partial charge in [-0.1, -0.05) is 30.3 Å². The molecule has 1 aliphatic heterocycles. The van der Waals surface area contributed by atoms with Crippen LogP contribution in [-0.2, 0) is 11.2 Å². The van der Waals surface area contributed by atoms with Crippen molar-refractivity contribution in [2.45, 2.75) is 45.0 Å². The summed E-state index contributed by atoms with van der Waals surface area (Å²) in [4.78, 5) is 0. The van der Waals surface area contributed by atoms with Crippen LogP contribution in [-0.4, -0.2) is 19.5 Å². The van der Waals surface area contributed by atoms with Crippen molar-refractivity contribution in [2.24, 2.45) is 0 Å². The first-order valence-corrected chi connectivity index (χ1v) is 8.27. The van der Waals surface area contributed by atoms with E-state index in [1.54, 1.807) is 7.11 Å². The van der Waals surface area contributed by atoms with Crippen LogP contribution in [0.2, 0.25) is 0 Å². The molecule has 1 saturated heterocycles. The second-order valence-corrected chi connectivity index (χ2v) is 6.06. The summed E-state index contributed by atoms with van der Waals surface area (Å²) in [7, 11) is 1.68. The molecule has 3 rings (SSSR count). The van der Waals surface area contributed by atoms with Gasteiger partial charge in [-0.25, -0.2) is 0 Å². The lowest BCUT2D eigenvalue weighted by Gasteiger charge is -2.28. The Bertz CT molecular complexity index is 621. The molecule has 0 radical (unpaired) electrons. The molecule has 3 heteroatoms. The van der Waals surface area contributed by atoms with Crippen molar-refractivity contribution in [2.75, 3.05) is 7.11 Å². The van der Waals surface area contributed by atoms with Crippen LogP contribution in [0.3, 0.4) is 0 Å². The predicted molar refractivity (Wildman–Crippen MR) is 91.1 cm³/mol. The summed E-state index contributed by atoms with van der Waals surface area (Å²) < 4.78 is 17.2. The molecule has 0 aliphatic carbocycles. The van der Waals surface area contributed by atoms with Crippen molar-refractivity contribution in [3.8, 4) is 11.5 Å². The van der Waals surface area contributed by atoms with Crippen molar-refractivity contribution in [3.63, 3.8) is 0 Å². The Labute approximate surface area is 138 Å². The third kappa shape index (κ3) is 4.26. The van der Waals surface area contributed by atoms with Crippen LogP contribution in [0.15, 0.2) is 48.5 Å². The van der Waals surface area contributed by atoms with E-state index < -0.39 is 0 Å². The highest BCUT2D eigenvalue weighted by Crippen LogP contribution is 2.27. The fraction of sp³-hybridized carbons (Fsp3) is 0.400. The molecule has 0 spiro atoms. The normalized spacial score (nSPS) is 21.0. The smallest absolute Gasteiger partial charge is 0.200 e. The minimum Gasteiger partial charge on any atom is -0.497 e. The van der Waals surface area contributed by atoms with Gasteiger partial charge in [0.1, 0.15) is 11.5 Å². The van der Waals surface area contributed by atoms with Gasteiger partial charge in [-0.05, 0) is 49.1 Å². The molecular weight excluding hydrogens is 288 g/mol. The first-order valence-electron chi connectivity index (χ1n) is 8.27. The molecule has 3 nitrogen and oxygen atoms in total. The number of methoxy groups -OCH3 is 1. The zero-order chi connectivity index (χ0) is 16.1. The van der Waals surface area contributed by atoms with Crippen molar-refractivity contribution in [1.82, 2.24) is 0 Å². The van der Waals surface area contributed by atoms with E-state index in [4.69, 9.17) is 14.2 Å². The zero-order valence-corrected chi connectivity index (χ0v) is 13.8. The summed E-state index contributed by atoms with van der Waals surface area (Å²) >= 11 is 0. The van der Waals surface area contributed by atoms with Gasteiger partial charge in [0.2, 0.25) is 0 Å². The maximum atomic E-state index is 6.13. The van der Waals surface area contributed by atoms with Crippen LogP contribution in [0.1, 0.15) is 37.3 Å². The number of benzene rings is 2. The first-order chi connectivity index (χ1) is 11.2. The van der Waals surface area contributed by atoms with E-state index in [-0.39, 0.29) is 12.4 Å². The monoisotopic (exact) mass is 312 g/mol. The molecule has 2 aromatic rings. The van der Waals surface area contributed by atoms with Crippen molar-refractivity contribution < 1.29 is 14.2 Å². The van der Waals surface area contributed by atoms with Crippen LogP contribution < -0.4 is 9.47 Å². The summed E-state index contributed by atoms with van der Waals surface area (Å²) in [5.41, 5.74) is 2.42. The molecule has 0 bridgehead atoms. The second-order valence-electron chi connectivity index (χ2n) is 6.06. The fourth-order valence-electron chi connectivity index (χ4n) is 2.92. The summed E-state index contributed by atoms with van der Waals surface area (Å²) in [6, 6.07) is 16.4. The Morgan fingerprint density at radius 1 is 1.04 bits per heavy atom. The van der Waals surface area contributed by atoms with E-state index in [0.29, 0.717) is 0 Å². The quantitative estimate of drug-likeness (QED) is 0.809. The van der Waals surface area contributed by atoms with Crippen molar-refractivity contribution >= 4 is 0 Å². The van der Waals surface area contributed by atoms with Crippen molar-refractivity contribution in [1.29, 1.82) is 0 Å². The molecule has 122 valence electrons. The Hall–Kier alpha value is -2.00. The highest BCUT2D eigenvalue weighted by molar-refractivity contribution is 5.38. The molecular formula is C20H24O3. The maximum absolute atomic E-state index is 6.13. The molecule has 1 heterocycles. The number of ether oxygens (including phenoxy) is 3. The Kier molecular flexibility index (Phi) is 5.19. The molecule has 0 unspecified atom stereocenters. The minimum absolute atomic E-state index is 0.129. The van der Waals surface area contributed by atoms with Gasteiger partial charge in [0.25, 0.3) is 0 Å². The van der Waals surface area contributed by atoms with Crippen LogP contribution >= 0.6 is 0 Å². The molecule has 2 aromatic carbocycles. The molecule has 1 fully saturated rings. The van der Waals surface area contributed by atoms with Gasteiger partial charge in [0, 0.05) is 12.8 Å². The molecule has 1 aliphatic rings. The van der Waals surface area contributed by atoms with E-state index in [1.165, 1.54) is 11.1 Å². The SMILES string of the molecule is COc1ccc(Cc2ccccc2O[C@H]2CCC[C@@H](C)O2)cc1. The molecule has 2 atom stereocenters. The average molecular weight is 312 g/mol. The van der Waals surface area contributed by atoms with E-state index in [9.17, 15) is 0 Å². The van der Waals surface area contributed by atoms with E-state index >= 15 is 0 Å². The van der Waals surface area contributed by atoms with Gasteiger partial charge in [-0.15, -0.1) is 0 Å². The molecule has 0 N–H and O–H groups in total. The summed E-state index contributed by atoms with van der Waals surface area (Å²) in [6.45, 7) is 2.11. The standard InChI is InChI=1S/C20H24O3/c1-15-6-5-9-20(22-15)23-19-8-4-3-7-17(19)14-16-10-12-18(21-2)13-11-16/h3-4,7-8,10-13,15,20H,5-6,9,14H2,1-2H3/t15-,20+/m1/s1. The number of rotatable bonds is 5. The largest absolute Gasteiger partial charge is 0.497 e. The van der Waals surface area contributed by atoms with Gasteiger partial charge in [0.05, 0.1) is 13.2 Å². The Morgan fingerprint density at radius 3 is 2.57 bits per heavy atom. The molecule has 0 amide bonds. The molecule has 0 saturated carbocycles. The topological polar surface area (TPSA) is 27.7 Å². The van der Waals surface area contributed by atoms with Crippen LogP contribution in [0, 0.1) is 0 Å². The van der Waals surface area contributed by atoms with E-state index in [0.717, 1.165) is 37.2 Å². The van der Waals surface area contributed by atoms with Gasteiger partial charge in [-0.3, -0.25) is 0 Å². The molecule has 0 aromatic heterocycles. The maximum Gasteiger partial charge on any atom is 0.200 e. The van der Waals surface area contributed by atoms with Crippen molar-refractivity contribution in [3.05, 3.63) is 59.7 Å². The van der Waals surface area contributed by atoms with Gasteiger partial charge in [0.15, 0.2) is 6.29 Å². The zero-order valence-electron chi connectivity index (χ0n) is 13.8. The summed E-state index contributed by atoms with van der Waals surface area (Å²) in [6.07, 6.45) is 4.22. The van der Waals surface area contributed by atoms with E-state index in [2.05, 4.69) is 31.2 Å². The van der Waals surface area contributed by atoms with Gasteiger partial charge >= 0.3 is 0 Å². The second kappa shape index (κ2) is 7.51. The minimum atomic E-state index is -0.129. The summed E-state index contributed by atoms with van der Waals surface area (Å²) in [5.74, 6) is 1.80. The average Bonchev–Trinajstić information content (AvgIpc) is 2.57. The highest BCUT2D eigenvalue weighted by Gasteiger charge is 2.21. The van der Waals surface area contributed by atoms with E-state index in [1.807, 2.05) is 24.3 Å². The number of hydrogen-bond donors (Lipinski definition) is 0. The Morgan fingerprint density at radius 2 is 1.83 bits per heavy atom. The van der Waals surface area contributed by atoms with Gasteiger partial charge in [-0.2, -0.15) is 0 Å². The fourth-order valence-corrected chi connectivity index (χ4v) is 2.92. The van der Waals surface area contributed by atoms with Crippen LogP contribution in [0.4, 0.5) is 0 Å². The lowest BCUT2D eigenvalue weighted by Crippen LogP contribution is -2.30. The number of para-hydroxylation sites is 1. The number of hydrogen-bond acceptors (Lipinski definition) is 3. The van der Waals surface area contributed by atoms with Gasteiger partial charge < -0.3 is 14.2 Å². The van der Waals surface area contributed by atoms with Crippen LogP contribution in [0.5, 0.6) is 11.5 Å². The first kappa shape index (κ1) is 15.9. The third-order valence-corrected chi connectivity index (χ3v) is 4.22. The van der Waals surface area contributed by atoms with Crippen LogP contribution in [0.25, 0.3) is 0 Å². The Balaban J connectivity index is 1.71. The lowest BCUT2D eigenvalue weighted by atomic mass is 10.0.